The Hall–Kier alpha value is -3.94. The molecule has 0 saturated heterocycles. The monoisotopic (exact) mass is 460 g/mol. The van der Waals surface area contributed by atoms with Crippen LogP contribution in [-0.2, 0) is 9.53 Å². The molecule has 1 aliphatic carbocycles. The number of aryl methyl sites for hydroxylation is 1. The SMILES string of the molecule is CC(=O)OC1CCC(Oc2ncc(-c3ccc(NC(=O)Nc4ccccc4C)cc3)cn2)CC1. The third-order valence-electron chi connectivity index (χ3n) is 5.72. The average Bonchev–Trinajstić information content (AvgIpc) is 2.83. The molecule has 8 heteroatoms. The second kappa shape index (κ2) is 10.8. The van der Waals surface area contributed by atoms with Gasteiger partial charge >= 0.3 is 18.0 Å². The van der Waals surface area contributed by atoms with Gasteiger partial charge < -0.3 is 20.1 Å². The lowest BCUT2D eigenvalue weighted by atomic mass is 9.95. The number of hydrogen-bond acceptors (Lipinski definition) is 6. The predicted molar refractivity (Wildman–Crippen MR) is 130 cm³/mol. The smallest absolute Gasteiger partial charge is 0.323 e. The molecule has 0 atom stereocenters. The number of para-hydroxylation sites is 1. The molecule has 0 unspecified atom stereocenters. The number of carbonyl (C=O) groups is 2. The van der Waals surface area contributed by atoms with Crippen LogP contribution in [0.25, 0.3) is 11.1 Å². The Morgan fingerprint density at radius 1 is 0.853 bits per heavy atom. The van der Waals surface area contributed by atoms with E-state index in [1.165, 1.54) is 6.92 Å². The van der Waals surface area contributed by atoms with Gasteiger partial charge in [-0.1, -0.05) is 30.3 Å². The molecule has 34 heavy (non-hydrogen) atoms. The van der Waals surface area contributed by atoms with Crippen molar-refractivity contribution in [1.29, 1.82) is 0 Å². The number of benzene rings is 2. The quantitative estimate of drug-likeness (QED) is 0.481. The highest BCUT2D eigenvalue weighted by Gasteiger charge is 2.24. The summed E-state index contributed by atoms with van der Waals surface area (Å²) < 4.78 is 11.2. The Morgan fingerprint density at radius 2 is 1.50 bits per heavy atom. The largest absolute Gasteiger partial charge is 0.463 e. The summed E-state index contributed by atoms with van der Waals surface area (Å²) in [5, 5.41) is 5.68. The van der Waals surface area contributed by atoms with Crippen molar-refractivity contribution in [3.63, 3.8) is 0 Å². The molecule has 2 amide bonds. The van der Waals surface area contributed by atoms with Crippen molar-refractivity contribution in [3.05, 3.63) is 66.5 Å². The highest BCUT2D eigenvalue weighted by atomic mass is 16.5. The summed E-state index contributed by atoms with van der Waals surface area (Å²) in [6.07, 6.45) is 6.61. The molecule has 8 nitrogen and oxygen atoms in total. The van der Waals surface area contributed by atoms with E-state index in [-0.39, 0.29) is 24.2 Å². The molecule has 176 valence electrons. The van der Waals surface area contributed by atoms with E-state index in [0.29, 0.717) is 11.7 Å². The zero-order valence-electron chi connectivity index (χ0n) is 19.3. The predicted octanol–water partition coefficient (Wildman–Crippen LogP) is 5.35. The number of hydrogen-bond donors (Lipinski definition) is 2. The normalized spacial score (nSPS) is 17.5. The Balaban J connectivity index is 1.29. The minimum Gasteiger partial charge on any atom is -0.463 e. The number of aromatic nitrogens is 2. The standard InChI is InChI=1S/C26H28N4O4/c1-17-5-3-4-6-24(17)30-25(32)29-21-9-7-19(8-10-21)20-15-27-26(28-16-20)34-23-13-11-22(12-14-23)33-18(2)31/h3-10,15-16,22-23H,11-14H2,1-2H3,(H2,29,30,32). The number of amides is 2. The third kappa shape index (κ3) is 6.31. The lowest BCUT2D eigenvalue weighted by Crippen LogP contribution is -2.29. The molecule has 1 aliphatic rings. The zero-order valence-corrected chi connectivity index (χ0v) is 19.3. The first kappa shape index (κ1) is 23.2. The number of nitrogens with one attached hydrogen (secondary N) is 2. The molecule has 3 aromatic rings. The van der Waals surface area contributed by atoms with E-state index < -0.39 is 0 Å². The van der Waals surface area contributed by atoms with Crippen molar-refractivity contribution in [3.8, 4) is 17.1 Å². The van der Waals surface area contributed by atoms with E-state index in [4.69, 9.17) is 9.47 Å². The third-order valence-corrected chi connectivity index (χ3v) is 5.72. The first-order valence-electron chi connectivity index (χ1n) is 11.4. The van der Waals surface area contributed by atoms with Gasteiger partial charge in [0.25, 0.3) is 0 Å². The molecule has 2 N–H and O–H groups in total. The summed E-state index contributed by atoms with van der Waals surface area (Å²) in [4.78, 5) is 32.0. The fourth-order valence-corrected chi connectivity index (χ4v) is 3.92. The molecular weight excluding hydrogens is 432 g/mol. The summed E-state index contributed by atoms with van der Waals surface area (Å²) in [5.41, 5.74) is 4.23. The summed E-state index contributed by atoms with van der Waals surface area (Å²) in [5.74, 6) is -0.238. The zero-order chi connectivity index (χ0) is 23.9. The number of esters is 1. The fraction of sp³-hybridized carbons (Fsp3) is 0.308. The second-order valence-corrected chi connectivity index (χ2v) is 8.35. The Kier molecular flexibility index (Phi) is 7.37. The van der Waals surface area contributed by atoms with Crippen molar-refractivity contribution >= 4 is 23.4 Å². The molecule has 1 saturated carbocycles. The lowest BCUT2D eigenvalue weighted by molar-refractivity contribution is -0.148. The Labute approximate surface area is 198 Å². The van der Waals surface area contributed by atoms with Gasteiger partial charge in [-0.15, -0.1) is 0 Å². The van der Waals surface area contributed by atoms with Gasteiger partial charge in [-0.05, 0) is 61.9 Å². The van der Waals surface area contributed by atoms with E-state index in [9.17, 15) is 9.59 Å². The van der Waals surface area contributed by atoms with Gasteiger partial charge in [0.15, 0.2) is 0 Å². The van der Waals surface area contributed by atoms with E-state index >= 15 is 0 Å². The molecule has 0 bridgehead atoms. The minimum atomic E-state index is -0.297. The summed E-state index contributed by atoms with van der Waals surface area (Å²) in [6, 6.07) is 15.1. The first-order valence-corrected chi connectivity index (χ1v) is 11.4. The molecule has 0 aliphatic heterocycles. The summed E-state index contributed by atoms with van der Waals surface area (Å²) in [6.45, 7) is 3.38. The van der Waals surface area contributed by atoms with Gasteiger partial charge in [-0.3, -0.25) is 4.79 Å². The van der Waals surface area contributed by atoms with E-state index in [0.717, 1.165) is 48.1 Å². The van der Waals surface area contributed by atoms with Crippen LogP contribution in [-0.4, -0.2) is 34.2 Å². The minimum absolute atomic E-state index is 0.0216. The van der Waals surface area contributed by atoms with Crippen LogP contribution in [0.5, 0.6) is 6.01 Å². The van der Waals surface area contributed by atoms with Crippen LogP contribution in [0.15, 0.2) is 60.9 Å². The summed E-state index contributed by atoms with van der Waals surface area (Å²) >= 11 is 0. The van der Waals surface area contributed by atoms with Crippen LogP contribution in [0.2, 0.25) is 0 Å². The number of carbonyl (C=O) groups excluding carboxylic acids is 2. The maximum absolute atomic E-state index is 12.3. The Bertz CT molecular complexity index is 1120. The van der Waals surface area contributed by atoms with Crippen LogP contribution < -0.4 is 15.4 Å². The molecular formula is C26H28N4O4. The van der Waals surface area contributed by atoms with E-state index in [2.05, 4.69) is 20.6 Å². The number of anilines is 2. The van der Waals surface area contributed by atoms with Crippen molar-refractivity contribution in [2.45, 2.75) is 51.7 Å². The fourth-order valence-electron chi connectivity index (χ4n) is 3.92. The molecule has 2 aromatic carbocycles. The van der Waals surface area contributed by atoms with Gasteiger partial charge in [-0.2, -0.15) is 0 Å². The highest BCUT2D eigenvalue weighted by molar-refractivity contribution is 6.00. The maximum atomic E-state index is 12.3. The Morgan fingerprint density at radius 3 is 2.15 bits per heavy atom. The average molecular weight is 461 g/mol. The number of nitrogens with zero attached hydrogens (tertiary/aromatic N) is 2. The van der Waals surface area contributed by atoms with Crippen LogP contribution in [0.1, 0.15) is 38.2 Å². The molecule has 0 spiro atoms. The van der Waals surface area contributed by atoms with Crippen molar-refractivity contribution in [2.24, 2.45) is 0 Å². The van der Waals surface area contributed by atoms with Gasteiger partial charge in [0.1, 0.15) is 12.2 Å². The van der Waals surface area contributed by atoms with Gasteiger partial charge in [0, 0.05) is 36.3 Å². The van der Waals surface area contributed by atoms with Crippen molar-refractivity contribution < 1.29 is 19.1 Å². The van der Waals surface area contributed by atoms with Gasteiger partial charge in [-0.25, -0.2) is 14.8 Å². The lowest BCUT2D eigenvalue weighted by Gasteiger charge is -2.27. The highest BCUT2D eigenvalue weighted by Crippen LogP contribution is 2.26. The molecule has 1 heterocycles. The topological polar surface area (TPSA) is 102 Å². The molecule has 0 radical (unpaired) electrons. The van der Waals surface area contributed by atoms with E-state index in [1.807, 2.05) is 55.5 Å². The van der Waals surface area contributed by atoms with Gasteiger partial charge in [0.05, 0.1) is 0 Å². The van der Waals surface area contributed by atoms with E-state index in [1.54, 1.807) is 12.4 Å². The van der Waals surface area contributed by atoms with Crippen molar-refractivity contribution in [2.75, 3.05) is 10.6 Å². The first-order chi connectivity index (χ1) is 16.5. The molecule has 1 aromatic heterocycles. The van der Waals surface area contributed by atoms with Crippen LogP contribution in [0.4, 0.5) is 16.2 Å². The van der Waals surface area contributed by atoms with Crippen LogP contribution in [0.3, 0.4) is 0 Å². The molecule has 4 rings (SSSR count). The van der Waals surface area contributed by atoms with Crippen LogP contribution in [0, 0.1) is 6.92 Å². The number of urea groups is 1. The second-order valence-electron chi connectivity index (χ2n) is 8.35. The van der Waals surface area contributed by atoms with Crippen molar-refractivity contribution in [1.82, 2.24) is 9.97 Å². The number of rotatable bonds is 6. The van der Waals surface area contributed by atoms with Gasteiger partial charge in [0.2, 0.25) is 0 Å². The van der Waals surface area contributed by atoms with Crippen LogP contribution >= 0.6 is 0 Å². The number of ether oxygens (including phenoxy) is 2. The molecule has 1 fully saturated rings. The summed E-state index contributed by atoms with van der Waals surface area (Å²) in [7, 11) is 0. The maximum Gasteiger partial charge on any atom is 0.323 e.